The number of amides is 1. The zero-order chi connectivity index (χ0) is 16.1. The van der Waals surface area contributed by atoms with Crippen molar-refractivity contribution in [3.05, 3.63) is 72.2 Å². The number of para-hydroxylation sites is 1. The zero-order valence-electron chi connectivity index (χ0n) is 12.6. The molecule has 3 aromatic rings. The van der Waals surface area contributed by atoms with E-state index in [4.69, 9.17) is 4.74 Å². The monoisotopic (exact) mass is 308 g/mol. The van der Waals surface area contributed by atoms with Crippen LogP contribution in [0.5, 0.6) is 5.88 Å². The molecule has 1 N–H and O–H groups in total. The molecular formula is C17H16N4O2. The Kier molecular flexibility index (Phi) is 4.33. The van der Waals surface area contributed by atoms with Crippen molar-refractivity contribution in [1.82, 2.24) is 20.1 Å². The zero-order valence-corrected chi connectivity index (χ0v) is 12.6. The third kappa shape index (κ3) is 3.55. The second kappa shape index (κ2) is 6.74. The second-order valence-electron chi connectivity index (χ2n) is 4.90. The summed E-state index contributed by atoms with van der Waals surface area (Å²) in [7, 11) is 1.56. The summed E-state index contributed by atoms with van der Waals surface area (Å²) in [4.78, 5) is 16.3. The van der Waals surface area contributed by atoms with E-state index in [1.165, 1.54) is 0 Å². The normalized spacial score (nSPS) is 10.3. The molecule has 1 amide bonds. The highest BCUT2D eigenvalue weighted by atomic mass is 16.5. The minimum absolute atomic E-state index is 0.178. The molecule has 0 saturated carbocycles. The maximum atomic E-state index is 12.2. The SMILES string of the molecule is COc1ccc(CNC(=O)c2cnn(-c3ccccc3)c2)cn1. The van der Waals surface area contributed by atoms with E-state index in [1.54, 1.807) is 36.4 Å². The van der Waals surface area contributed by atoms with E-state index in [-0.39, 0.29) is 5.91 Å². The summed E-state index contributed by atoms with van der Waals surface area (Å²) in [5, 5.41) is 7.06. The smallest absolute Gasteiger partial charge is 0.254 e. The van der Waals surface area contributed by atoms with E-state index in [0.29, 0.717) is 18.0 Å². The summed E-state index contributed by atoms with van der Waals surface area (Å²) < 4.78 is 6.67. The fraction of sp³-hybridized carbons (Fsp3) is 0.118. The van der Waals surface area contributed by atoms with Crippen molar-refractivity contribution in [3.8, 4) is 11.6 Å². The number of nitrogens with one attached hydrogen (secondary N) is 1. The molecule has 1 aromatic carbocycles. The van der Waals surface area contributed by atoms with E-state index >= 15 is 0 Å². The Labute approximate surface area is 133 Å². The van der Waals surface area contributed by atoms with Gasteiger partial charge < -0.3 is 10.1 Å². The molecule has 6 nitrogen and oxygen atoms in total. The van der Waals surface area contributed by atoms with Crippen LogP contribution in [0, 0.1) is 0 Å². The maximum absolute atomic E-state index is 12.2. The lowest BCUT2D eigenvalue weighted by Crippen LogP contribution is -2.22. The summed E-state index contributed by atoms with van der Waals surface area (Å²) in [5.74, 6) is 0.368. The van der Waals surface area contributed by atoms with Crippen LogP contribution in [0.2, 0.25) is 0 Å². The lowest BCUT2D eigenvalue weighted by molar-refractivity contribution is 0.0951. The maximum Gasteiger partial charge on any atom is 0.254 e. The van der Waals surface area contributed by atoms with Crippen LogP contribution in [-0.4, -0.2) is 27.8 Å². The molecule has 116 valence electrons. The van der Waals surface area contributed by atoms with Gasteiger partial charge in [-0.05, 0) is 17.7 Å². The summed E-state index contributed by atoms with van der Waals surface area (Å²) in [6.45, 7) is 0.395. The summed E-state index contributed by atoms with van der Waals surface area (Å²) >= 11 is 0. The fourth-order valence-electron chi connectivity index (χ4n) is 2.08. The molecule has 23 heavy (non-hydrogen) atoms. The van der Waals surface area contributed by atoms with Crippen LogP contribution in [0.15, 0.2) is 61.1 Å². The molecule has 3 rings (SSSR count). The quantitative estimate of drug-likeness (QED) is 0.784. The van der Waals surface area contributed by atoms with E-state index in [2.05, 4.69) is 15.4 Å². The highest BCUT2D eigenvalue weighted by molar-refractivity contribution is 5.93. The standard InChI is InChI=1S/C17H16N4O2/c1-23-16-8-7-13(9-18-16)10-19-17(22)14-11-20-21(12-14)15-5-3-2-4-6-15/h2-9,11-12H,10H2,1H3,(H,19,22). The molecule has 0 saturated heterocycles. The van der Waals surface area contributed by atoms with Crippen molar-refractivity contribution in [2.24, 2.45) is 0 Å². The minimum Gasteiger partial charge on any atom is -0.481 e. The van der Waals surface area contributed by atoms with Gasteiger partial charge in [-0.2, -0.15) is 5.10 Å². The van der Waals surface area contributed by atoms with Crippen molar-refractivity contribution < 1.29 is 9.53 Å². The van der Waals surface area contributed by atoms with Crippen LogP contribution in [-0.2, 0) is 6.54 Å². The van der Waals surface area contributed by atoms with Gasteiger partial charge in [-0.1, -0.05) is 24.3 Å². The number of nitrogens with zero attached hydrogens (tertiary/aromatic N) is 3. The van der Waals surface area contributed by atoms with E-state index in [0.717, 1.165) is 11.3 Å². The highest BCUT2D eigenvalue weighted by Crippen LogP contribution is 2.09. The molecule has 0 bridgehead atoms. The predicted octanol–water partition coefficient (Wildman–Crippen LogP) is 2.21. The molecule has 6 heteroatoms. The van der Waals surface area contributed by atoms with Gasteiger partial charge in [0.25, 0.3) is 5.91 Å². The average molecular weight is 308 g/mol. The average Bonchev–Trinajstić information content (AvgIpc) is 3.11. The first-order valence-corrected chi connectivity index (χ1v) is 7.13. The molecule has 0 fully saturated rings. The first kappa shape index (κ1) is 14.8. The number of benzene rings is 1. The number of carbonyl (C=O) groups excluding carboxylic acids is 1. The summed E-state index contributed by atoms with van der Waals surface area (Å²) in [6, 6.07) is 13.3. The molecule has 0 radical (unpaired) electrons. The summed E-state index contributed by atoms with van der Waals surface area (Å²) in [5.41, 5.74) is 2.32. The Hall–Kier alpha value is -3.15. The van der Waals surface area contributed by atoms with Gasteiger partial charge in [0.15, 0.2) is 0 Å². The van der Waals surface area contributed by atoms with Crippen LogP contribution in [0.4, 0.5) is 0 Å². The van der Waals surface area contributed by atoms with Gasteiger partial charge in [-0.3, -0.25) is 4.79 Å². The van der Waals surface area contributed by atoms with Gasteiger partial charge in [0.2, 0.25) is 5.88 Å². The molecule has 0 aliphatic heterocycles. The number of rotatable bonds is 5. The van der Waals surface area contributed by atoms with Gasteiger partial charge in [0, 0.05) is 25.0 Å². The molecule has 0 unspecified atom stereocenters. The van der Waals surface area contributed by atoms with Crippen molar-refractivity contribution in [1.29, 1.82) is 0 Å². The lowest BCUT2D eigenvalue weighted by Gasteiger charge is -2.04. The molecule has 0 atom stereocenters. The van der Waals surface area contributed by atoms with E-state index < -0.39 is 0 Å². The molecule has 2 heterocycles. The van der Waals surface area contributed by atoms with Crippen molar-refractivity contribution in [3.63, 3.8) is 0 Å². The Morgan fingerprint density at radius 3 is 2.70 bits per heavy atom. The number of aromatic nitrogens is 3. The lowest BCUT2D eigenvalue weighted by atomic mass is 10.2. The van der Waals surface area contributed by atoms with Gasteiger partial charge in [0.05, 0.1) is 24.6 Å². The minimum atomic E-state index is -0.178. The number of hydrogen-bond donors (Lipinski definition) is 1. The first-order valence-electron chi connectivity index (χ1n) is 7.13. The Morgan fingerprint density at radius 2 is 2.00 bits per heavy atom. The highest BCUT2D eigenvalue weighted by Gasteiger charge is 2.09. The van der Waals surface area contributed by atoms with Gasteiger partial charge >= 0.3 is 0 Å². The van der Waals surface area contributed by atoms with Crippen molar-refractivity contribution >= 4 is 5.91 Å². The van der Waals surface area contributed by atoms with E-state index in [1.807, 2.05) is 36.4 Å². The summed E-state index contributed by atoms with van der Waals surface area (Å²) in [6.07, 6.45) is 4.93. The second-order valence-corrected chi connectivity index (χ2v) is 4.90. The largest absolute Gasteiger partial charge is 0.481 e. The van der Waals surface area contributed by atoms with Crippen molar-refractivity contribution in [2.45, 2.75) is 6.54 Å². The van der Waals surface area contributed by atoms with Crippen molar-refractivity contribution in [2.75, 3.05) is 7.11 Å². The van der Waals surface area contributed by atoms with E-state index in [9.17, 15) is 4.79 Å². The van der Waals surface area contributed by atoms with Gasteiger partial charge in [0.1, 0.15) is 0 Å². The van der Waals surface area contributed by atoms with Crippen LogP contribution >= 0.6 is 0 Å². The van der Waals surface area contributed by atoms with Gasteiger partial charge in [-0.25, -0.2) is 9.67 Å². The van der Waals surface area contributed by atoms with Gasteiger partial charge in [-0.15, -0.1) is 0 Å². The molecule has 0 aliphatic rings. The Bertz CT molecular complexity index is 782. The predicted molar refractivity (Wildman–Crippen MR) is 85.5 cm³/mol. The van der Waals surface area contributed by atoms with Crippen LogP contribution in [0.3, 0.4) is 0 Å². The molecule has 0 spiro atoms. The molecule has 2 aromatic heterocycles. The number of ether oxygens (including phenoxy) is 1. The number of carbonyl (C=O) groups is 1. The Morgan fingerprint density at radius 1 is 1.17 bits per heavy atom. The van der Waals surface area contributed by atoms with Crippen LogP contribution in [0.25, 0.3) is 5.69 Å². The first-order chi connectivity index (χ1) is 11.3. The molecular weight excluding hydrogens is 292 g/mol. The molecule has 0 aliphatic carbocycles. The topological polar surface area (TPSA) is 69.0 Å². The third-order valence-corrected chi connectivity index (χ3v) is 3.33. The number of methoxy groups -OCH3 is 1. The van der Waals surface area contributed by atoms with Crippen LogP contribution in [0.1, 0.15) is 15.9 Å². The third-order valence-electron chi connectivity index (χ3n) is 3.33. The Balaban J connectivity index is 1.63. The number of pyridine rings is 1. The fourth-order valence-corrected chi connectivity index (χ4v) is 2.08. The number of hydrogen-bond acceptors (Lipinski definition) is 4. The van der Waals surface area contributed by atoms with Crippen LogP contribution < -0.4 is 10.1 Å².